The molecule has 416 valence electrons. The minimum absolute atomic E-state index is 0.0157. The Morgan fingerprint density at radius 3 is 1.70 bits per heavy atom. The summed E-state index contributed by atoms with van der Waals surface area (Å²) in [7, 11) is 3.19. The van der Waals surface area contributed by atoms with Crippen LogP contribution in [0.3, 0.4) is 0 Å². The largest absolute Gasteiger partial charge is 0.497 e. The highest BCUT2D eigenvalue weighted by Gasteiger charge is 2.27. The molecule has 1 aliphatic rings. The Balaban J connectivity index is 0.000000335. The molecule has 21 nitrogen and oxygen atoms in total. The molecule has 1 aliphatic heterocycles. The molecule has 6 amide bonds. The van der Waals surface area contributed by atoms with Crippen LogP contribution in [0.15, 0.2) is 97.1 Å². The number of hydrogen-bond donors (Lipinski definition) is 10. The van der Waals surface area contributed by atoms with E-state index in [2.05, 4.69) is 33.4 Å². The molecule has 0 saturated carbocycles. The standard InChI is InChI=1S/C27H38N6O4.C18H31N5O2.C10H13NO3/c28-11-13-33(14-12-29)25(34)17-22(30)26(35)32-23(8-6-19-4-2-1-3-5-19)27(36)31-18-20-7-9-24-21(16-20)10-15-37-24;1-14(7-8-15-5-3-2-4-6-15)22-18(25)16(21)13-17(24)23(11-9-19)12-10-20;1-13-9-3-4-10(14-2)8(5-9)6-11-7-12/h1-5,7,9,16,22-23H,6,8,10-15,17-18,28-30H2,(H,31,36)(H,32,35);2-6,14,16H,7-13,19-21H2,1H3,(H,22,25);3-5,7H,6H2,1-2H3,(H,11,12). The van der Waals surface area contributed by atoms with Gasteiger partial charge in [-0.3, -0.25) is 28.8 Å². The fourth-order valence-corrected chi connectivity index (χ4v) is 7.95. The van der Waals surface area contributed by atoms with E-state index in [1.165, 1.54) is 10.5 Å². The third kappa shape index (κ3) is 23.2. The van der Waals surface area contributed by atoms with E-state index >= 15 is 0 Å². The van der Waals surface area contributed by atoms with Crippen LogP contribution in [0.1, 0.15) is 60.4 Å². The fraction of sp³-hybridized carbons (Fsp3) is 0.455. The van der Waals surface area contributed by atoms with Crippen molar-refractivity contribution < 1.29 is 43.0 Å². The first-order valence-electron chi connectivity index (χ1n) is 25.7. The van der Waals surface area contributed by atoms with Crippen LogP contribution in [0.4, 0.5) is 0 Å². The van der Waals surface area contributed by atoms with Gasteiger partial charge in [0.1, 0.15) is 23.3 Å². The number of carbonyl (C=O) groups is 6. The first-order chi connectivity index (χ1) is 36.7. The summed E-state index contributed by atoms with van der Waals surface area (Å²) < 4.78 is 15.7. The van der Waals surface area contributed by atoms with Gasteiger partial charge in [0.15, 0.2) is 0 Å². The molecule has 4 aromatic carbocycles. The molecule has 0 aromatic heterocycles. The average Bonchev–Trinajstić information content (AvgIpc) is 3.91. The lowest BCUT2D eigenvalue weighted by Gasteiger charge is -2.24. The highest BCUT2D eigenvalue weighted by atomic mass is 16.5. The van der Waals surface area contributed by atoms with E-state index in [0.717, 1.165) is 58.8 Å². The number of methoxy groups -OCH3 is 2. The highest BCUT2D eigenvalue weighted by molar-refractivity contribution is 5.92. The van der Waals surface area contributed by atoms with E-state index < -0.39 is 24.0 Å². The Morgan fingerprint density at radius 1 is 0.645 bits per heavy atom. The van der Waals surface area contributed by atoms with Crippen LogP contribution < -0.4 is 69.9 Å². The first kappa shape index (κ1) is 63.2. The second-order valence-electron chi connectivity index (χ2n) is 18.0. The number of ether oxygens (including phenoxy) is 3. The van der Waals surface area contributed by atoms with Crippen molar-refractivity contribution in [2.24, 2.45) is 34.4 Å². The fourth-order valence-electron chi connectivity index (χ4n) is 7.95. The quantitative estimate of drug-likeness (QED) is 0.0315. The summed E-state index contributed by atoms with van der Waals surface area (Å²) in [5.41, 5.74) is 39.3. The van der Waals surface area contributed by atoms with Gasteiger partial charge in [-0.1, -0.05) is 72.8 Å². The summed E-state index contributed by atoms with van der Waals surface area (Å²) in [6.07, 6.45) is 3.90. The smallest absolute Gasteiger partial charge is 0.242 e. The zero-order valence-electron chi connectivity index (χ0n) is 44.4. The molecule has 0 bridgehead atoms. The van der Waals surface area contributed by atoms with Gasteiger partial charge in [0.2, 0.25) is 35.9 Å². The van der Waals surface area contributed by atoms with E-state index in [-0.39, 0.29) is 55.6 Å². The molecule has 0 fully saturated rings. The monoisotopic (exact) mass is 1050 g/mol. The maximum absolute atomic E-state index is 13.1. The Labute approximate surface area is 447 Å². The number of nitrogens with two attached hydrogens (primary N) is 6. The Bertz CT molecular complexity index is 2350. The number of benzene rings is 4. The average molecular weight is 1060 g/mol. The van der Waals surface area contributed by atoms with Crippen LogP contribution in [0.25, 0.3) is 0 Å². The van der Waals surface area contributed by atoms with Crippen LogP contribution in [-0.2, 0) is 61.1 Å². The number of rotatable bonds is 30. The molecule has 0 aliphatic carbocycles. The lowest BCUT2D eigenvalue weighted by molar-refractivity contribution is -0.135. The molecular formula is C55H82N12O9. The van der Waals surface area contributed by atoms with Crippen molar-refractivity contribution in [2.45, 2.75) is 89.1 Å². The molecule has 4 unspecified atom stereocenters. The van der Waals surface area contributed by atoms with E-state index in [4.69, 9.17) is 48.6 Å². The van der Waals surface area contributed by atoms with Crippen molar-refractivity contribution in [2.75, 3.05) is 73.2 Å². The number of amides is 6. The van der Waals surface area contributed by atoms with Crippen molar-refractivity contribution in [3.63, 3.8) is 0 Å². The second kappa shape index (κ2) is 35.9. The van der Waals surface area contributed by atoms with Crippen LogP contribution in [-0.4, -0.2) is 143 Å². The van der Waals surface area contributed by atoms with E-state index in [0.29, 0.717) is 78.2 Å². The summed E-state index contributed by atoms with van der Waals surface area (Å²) in [5, 5.41) is 11.1. The number of nitrogens with zero attached hydrogens (tertiary/aromatic N) is 2. The summed E-state index contributed by atoms with van der Waals surface area (Å²) in [5.74, 6) is 0.676. The number of aryl methyl sites for hydroxylation is 2. The van der Waals surface area contributed by atoms with Gasteiger partial charge in [0.25, 0.3) is 0 Å². The Morgan fingerprint density at radius 2 is 1.18 bits per heavy atom. The molecule has 16 N–H and O–H groups in total. The molecule has 0 saturated heterocycles. The van der Waals surface area contributed by atoms with Crippen molar-refractivity contribution in [1.29, 1.82) is 0 Å². The molecule has 4 atom stereocenters. The van der Waals surface area contributed by atoms with Crippen molar-refractivity contribution in [1.82, 2.24) is 31.1 Å². The second-order valence-corrected chi connectivity index (χ2v) is 18.0. The van der Waals surface area contributed by atoms with Gasteiger partial charge in [-0.15, -0.1) is 0 Å². The summed E-state index contributed by atoms with van der Waals surface area (Å²) in [6, 6.07) is 28.3. The molecule has 0 radical (unpaired) electrons. The molecule has 1 heterocycles. The Kier molecular flexibility index (Phi) is 29.9. The summed E-state index contributed by atoms with van der Waals surface area (Å²) >= 11 is 0. The Hall–Kier alpha value is -7.14. The van der Waals surface area contributed by atoms with Crippen molar-refractivity contribution in [3.05, 3.63) is 125 Å². The minimum atomic E-state index is -1.10. The SMILES string of the molecule is CC(CCc1ccccc1)NC(=O)C(N)CC(=O)N(CCN)CCN.COc1ccc(OC)c(CNC=O)c1.NCCN(CCN)C(=O)CC(N)C(=O)NC(CCc1ccccc1)C(=O)NCc1ccc2c(c1)CCO2. The lowest BCUT2D eigenvalue weighted by atomic mass is 10.0. The van der Waals surface area contributed by atoms with Gasteiger partial charge in [-0.25, -0.2) is 0 Å². The van der Waals surface area contributed by atoms with Gasteiger partial charge in [-0.2, -0.15) is 0 Å². The molecular weight excluding hydrogens is 973 g/mol. The topological polar surface area (TPSA) is 341 Å². The normalized spacial score (nSPS) is 12.7. The number of fused-ring (bicyclic) bond motifs is 1. The minimum Gasteiger partial charge on any atom is -0.497 e. The number of carbonyl (C=O) groups excluding carboxylic acids is 6. The van der Waals surface area contributed by atoms with E-state index in [1.54, 1.807) is 25.2 Å². The zero-order valence-corrected chi connectivity index (χ0v) is 44.4. The maximum Gasteiger partial charge on any atom is 0.242 e. The summed E-state index contributed by atoms with van der Waals surface area (Å²) in [4.78, 5) is 76.2. The molecule has 76 heavy (non-hydrogen) atoms. The number of hydrogen-bond acceptors (Lipinski definition) is 15. The molecule has 5 rings (SSSR count). The molecule has 4 aromatic rings. The lowest BCUT2D eigenvalue weighted by Crippen LogP contribution is -2.53. The highest BCUT2D eigenvalue weighted by Crippen LogP contribution is 2.26. The van der Waals surface area contributed by atoms with Gasteiger partial charge in [0.05, 0.1) is 45.8 Å². The predicted octanol–water partition coefficient (Wildman–Crippen LogP) is 0.356. The van der Waals surface area contributed by atoms with Gasteiger partial charge in [0, 0.05) is 83.5 Å². The predicted molar refractivity (Wildman–Crippen MR) is 294 cm³/mol. The molecule has 21 heteroatoms. The zero-order chi connectivity index (χ0) is 55.7. The third-order valence-corrected chi connectivity index (χ3v) is 12.1. The summed E-state index contributed by atoms with van der Waals surface area (Å²) in [6.45, 7) is 6.12. The third-order valence-electron chi connectivity index (χ3n) is 12.1. The first-order valence-corrected chi connectivity index (χ1v) is 25.7. The van der Waals surface area contributed by atoms with Crippen LogP contribution >= 0.6 is 0 Å². The van der Waals surface area contributed by atoms with E-state index in [9.17, 15) is 28.8 Å². The maximum atomic E-state index is 13.1. The molecule has 0 spiro atoms. The van der Waals surface area contributed by atoms with Gasteiger partial charge >= 0.3 is 0 Å². The van der Waals surface area contributed by atoms with Crippen LogP contribution in [0.2, 0.25) is 0 Å². The van der Waals surface area contributed by atoms with E-state index in [1.807, 2.05) is 85.8 Å². The van der Waals surface area contributed by atoms with Crippen LogP contribution in [0, 0.1) is 0 Å². The van der Waals surface area contributed by atoms with Crippen LogP contribution in [0.5, 0.6) is 17.2 Å². The van der Waals surface area contributed by atoms with Gasteiger partial charge < -0.3 is 79.7 Å². The van der Waals surface area contributed by atoms with Crippen molar-refractivity contribution >= 4 is 35.9 Å². The van der Waals surface area contributed by atoms with Gasteiger partial charge in [-0.05, 0) is 79.1 Å². The number of nitrogens with one attached hydrogen (secondary N) is 4. The van der Waals surface area contributed by atoms with Crippen molar-refractivity contribution in [3.8, 4) is 17.2 Å².